The molecule has 0 spiro atoms. The van der Waals surface area contributed by atoms with Gasteiger partial charge in [-0.3, -0.25) is 4.79 Å². The minimum Gasteiger partial charge on any atom is -0.444 e. The van der Waals surface area contributed by atoms with Crippen LogP contribution in [0, 0.1) is 5.92 Å². The zero-order chi connectivity index (χ0) is 13.8. The fraction of sp³-hybridized carbons (Fsp3) is 0.417. The maximum atomic E-state index is 12.0. The third-order valence-corrected chi connectivity index (χ3v) is 3.17. The molecule has 0 bridgehead atoms. The predicted molar refractivity (Wildman–Crippen MR) is 72.5 cm³/mol. The molecule has 0 fully saturated rings. The zero-order valence-electron chi connectivity index (χ0n) is 10.7. The second-order valence-corrected chi connectivity index (χ2v) is 5.29. The lowest BCUT2D eigenvalue weighted by Crippen LogP contribution is -2.41. The Bertz CT molecular complexity index is 536. The third kappa shape index (κ3) is 3.66. The standard InChI is InChI=1S/C12H15BrN4O2/c1-8(2)9(7-17-14-5-6-15-17)16-12(18)10-3-4-11(13)19-10/h3-6,8-9H,7H2,1-2H3,(H,16,18)/t9-/m0/s1. The van der Waals surface area contributed by atoms with Crippen LogP contribution in [0.5, 0.6) is 0 Å². The van der Waals surface area contributed by atoms with Crippen molar-refractivity contribution in [2.24, 2.45) is 5.92 Å². The predicted octanol–water partition coefficient (Wildman–Crippen LogP) is 2.09. The van der Waals surface area contributed by atoms with Gasteiger partial charge in [-0.25, -0.2) is 0 Å². The van der Waals surface area contributed by atoms with Crippen LogP contribution in [0.25, 0.3) is 0 Å². The Kier molecular flexibility index (Phi) is 4.36. The summed E-state index contributed by atoms with van der Waals surface area (Å²) in [7, 11) is 0. The van der Waals surface area contributed by atoms with E-state index in [0.717, 1.165) is 0 Å². The highest BCUT2D eigenvalue weighted by atomic mass is 79.9. The summed E-state index contributed by atoms with van der Waals surface area (Å²) in [6, 6.07) is 3.25. The Morgan fingerprint density at radius 3 is 2.63 bits per heavy atom. The molecular weight excluding hydrogens is 312 g/mol. The van der Waals surface area contributed by atoms with Crippen LogP contribution in [-0.4, -0.2) is 26.9 Å². The van der Waals surface area contributed by atoms with Crippen molar-refractivity contribution in [2.45, 2.75) is 26.4 Å². The number of rotatable bonds is 5. The molecule has 2 aromatic rings. The summed E-state index contributed by atoms with van der Waals surface area (Å²) in [5, 5.41) is 11.0. The number of nitrogens with one attached hydrogen (secondary N) is 1. The van der Waals surface area contributed by atoms with E-state index in [4.69, 9.17) is 4.42 Å². The topological polar surface area (TPSA) is 73.0 Å². The number of amides is 1. The Labute approximate surface area is 119 Å². The van der Waals surface area contributed by atoms with Crippen molar-refractivity contribution >= 4 is 21.8 Å². The van der Waals surface area contributed by atoms with Gasteiger partial charge in [0.1, 0.15) is 0 Å². The Balaban J connectivity index is 2.02. The molecule has 2 rings (SSSR count). The molecule has 0 aliphatic heterocycles. The molecular formula is C12H15BrN4O2. The summed E-state index contributed by atoms with van der Waals surface area (Å²) in [6.45, 7) is 4.59. The number of furan rings is 1. The Hall–Kier alpha value is -1.63. The molecule has 1 atom stereocenters. The second kappa shape index (κ2) is 6.01. The average molecular weight is 327 g/mol. The van der Waals surface area contributed by atoms with Crippen molar-refractivity contribution < 1.29 is 9.21 Å². The summed E-state index contributed by atoms with van der Waals surface area (Å²) in [4.78, 5) is 13.6. The Morgan fingerprint density at radius 2 is 2.11 bits per heavy atom. The summed E-state index contributed by atoms with van der Waals surface area (Å²) < 4.78 is 5.76. The van der Waals surface area contributed by atoms with E-state index in [2.05, 4.69) is 31.4 Å². The van der Waals surface area contributed by atoms with Gasteiger partial charge in [-0.2, -0.15) is 15.0 Å². The third-order valence-electron chi connectivity index (χ3n) is 2.74. The zero-order valence-corrected chi connectivity index (χ0v) is 12.3. The van der Waals surface area contributed by atoms with Crippen LogP contribution in [-0.2, 0) is 6.54 Å². The van der Waals surface area contributed by atoms with E-state index in [1.54, 1.807) is 29.3 Å². The van der Waals surface area contributed by atoms with Crippen molar-refractivity contribution in [3.05, 3.63) is 35.0 Å². The first-order valence-corrected chi connectivity index (χ1v) is 6.76. The van der Waals surface area contributed by atoms with Crippen LogP contribution >= 0.6 is 15.9 Å². The van der Waals surface area contributed by atoms with E-state index in [-0.39, 0.29) is 23.6 Å². The molecule has 102 valence electrons. The summed E-state index contributed by atoms with van der Waals surface area (Å²) in [5.74, 6) is 0.302. The van der Waals surface area contributed by atoms with E-state index in [0.29, 0.717) is 11.2 Å². The first-order valence-electron chi connectivity index (χ1n) is 5.96. The molecule has 0 radical (unpaired) electrons. The van der Waals surface area contributed by atoms with Gasteiger partial charge in [-0.05, 0) is 34.0 Å². The minimum absolute atomic E-state index is 0.0659. The van der Waals surface area contributed by atoms with Gasteiger partial charge in [-0.1, -0.05) is 13.8 Å². The average Bonchev–Trinajstić information content (AvgIpc) is 2.99. The number of halogens is 1. The van der Waals surface area contributed by atoms with E-state index in [1.165, 1.54) is 0 Å². The van der Waals surface area contributed by atoms with Crippen molar-refractivity contribution in [2.75, 3.05) is 0 Å². The molecule has 0 saturated heterocycles. The molecule has 19 heavy (non-hydrogen) atoms. The van der Waals surface area contributed by atoms with Gasteiger partial charge in [0.25, 0.3) is 5.91 Å². The van der Waals surface area contributed by atoms with E-state index in [9.17, 15) is 4.79 Å². The van der Waals surface area contributed by atoms with Crippen LogP contribution < -0.4 is 5.32 Å². The minimum atomic E-state index is -0.239. The van der Waals surface area contributed by atoms with Gasteiger partial charge in [0.15, 0.2) is 10.4 Å². The Morgan fingerprint density at radius 1 is 1.42 bits per heavy atom. The van der Waals surface area contributed by atoms with Crippen LogP contribution in [0.1, 0.15) is 24.4 Å². The lowest BCUT2D eigenvalue weighted by Gasteiger charge is -2.21. The van der Waals surface area contributed by atoms with E-state index < -0.39 is 0 Å². The van der Waals surface area contributed by atoms with Gasteiger partial charge in [-0.15, -0.1) is 0 Å². The molecule has 1 N–H and O–H groups in total. The smallest absolute Gasteiger partial charge is 0.287 e. The fourth-order valence-electron chi connectivity index (χ4n) is 1.61. The molecule has 2 heterocycles. The van der Waals surface area contributed by atoms with Crippen LogP contribution in [0.2, 0.25) is 0 Å². The first-order chi connectivity index (χ1) is 9.06. The van der Waals surface area contributed by atoms with Crippen molar-refractivity contribution in [1.29, 1.82) is 0 Å². The number of nitrogens with zero attached hydrogens (tertiary/aromatic N) is 3. The second-order valence-electron chi connectivity index (χ2n) is 4.51. The fourth-order valence-corrected chi connectivity index (χ4v) is 1.92. The summed E-state index contributed by atoms with van der Waals surface area (Å²) in [5.41, 5.74) is 0. The highest BCUT2D eigenvalue weighted by Gasteiger charge is 2.20. The molecule has 0 unspecified atom stereocenters. The monoisotopic (exact) mass is 326 g/mol. The number of carbonyl (C=O) groups is 1. The summed E-state index contributed by atoms with van der Waals surface area (Å²) in [6.07, 6.45) is 3.23. The quantitative estimate of drug-likeness (QED) is 0.913. The maximum Gasteiger partial charge on any atom is 0.287 e. The summed E-state index contributed by atoms with van der Waals surface area (Å²) >= 11 is 3.17. The van der Waals surface area contributed by atoms with Gasteiger partial charge in [0.05, 0.1) is 25.0 Å². The number of hydrogen-bond donors (Lipinski definition) is 1. The molecule has 2 aromatic heterocycles. The molecule has 1 amide bonds. The van der Waals surface area contributed by atoms with Gasteiger partial charge < -0.3 is 9.73 Å². The maximum absolute atomic E-state index is 12.0. The highest BCUT2D eigenvalue weighted by Crippen LogP contribution is 2.14. The molecule has 0 saturated carbocycles. The van der Waals surface area contributed by atoms with Gasteiger partial charge in [0, 0.05) is 0 Å². The molecule has 0 aliphatic rings. The van der Waals surface area contributed by atoms with Crippen LogP contribution in [0.3, 0.4) is 0 Å². The van der Waals surface area contributed by atoms with Gasteiger partial charge in [0.2, 0.25) is 0 Å². The van der Waals surface area contributed by atoms with Crippen LogP contribution in [0.4, 0.5) is 0 Å². The SMILES string of the molecule is CC(C)[C@H](Cn1nccn1)NC(=O)c1ccc(Br)o1. The molecule has 7 heteroatoms. The lowest BCUT2D eigenvalue weighted by atomic mass is 10.0. The molecule has 0 aromatic carbocycles. The highest BCUT2D eigenvalue weighted by molar-refractivity contribution is 9.10. The molecule has 0 aliphatic carbocycles. The number of carbonyl (C=O) groups excluding carboxylic acids is 1. The first kappa shape index (κ1) is 13.8. The lowest BCUT2D eigenvalue weighted by molar-refractivity contribution is 0.0888. The van der Waals surface area contributed by atoms with E-state index in [1.807, 2.05) is 13.8 Å². The number of hydrogen-bond acceptors (Lipinski definition) is 4. The van der Waals surface area contributed by atoms with E-state index >= 15 is 0 Å². The molecule has 6 nitrogen and oxygen atoms in total. The normalized spacial score (nSPS) is 12.6. The largest absolute Gasteiger partial charge is 0.444 e. The van der Waals surface area contributed by atoms with Gasteiger partial charge >= 0.3 is 0 Å². The van der Waals surface area contributed by atoms with Crippen molar-refractivity contribution in [1.82, 2.24) is 20.3 Å². The van der Waals surface area contributed by atoms with Crippen molar-refractivity contribution in [3.8, 4) is 0 Å². The van der Waals surface area contributed by atoms with Crippen LogP contribution in [0.15, 0.2) is 33.6 Å². The number of aromatic nitrogens is 3. The van der Waals surface area contributed by atoms with Crippen molar-refractivity contribution in [3.63, 3.8) is 0 Å².